The maximum atomic E-state index is 15.2. The largest absolute Gasteiger partial charge is 0.472 e. The highest BCUT2D eigenvalue weighted by Gasteiger charge is 2.29. The van der Waals surface area contributed by atoms with Gasteiger partial charge >= 0.3 is 6.09 Å². The van der Waals surface area contributed by atoms with Crippen molar-refractivity contribution in [3.05, 3.63) is 51.8 Å². The molecule has 1 saturated heterocycles. The van der Waals surface area contributed by atoms with Crippen LogP contribution in [0.1, 0.15) is 43.9 Å². The second-order valence-electron chi connectivity index (χ2n) is 10.6. The van der Waals surface area contributed by atoms with Crippen LogP contribution >= 0.6 is 22.9 Å². The monoisotopic (exact) mass is 581 g/mol. The Morgan fingerprint density at radius 1 is 1.23 bits per heavy atom. The first-order valence-electron chi connectivity index (χ1n) is 12.8. The van der Waals surface area contributed by atoms with E-state index in [9.17, 15) is 10.1 Å². The highest BCUT2D eigenvalue weighted by molar-refractivity contribution is 7.23. The Balaban J connectivity index is 1.54. The van der Waals surface area contributed by atoms with E-state index in [1.807, 2.05) is 12.1 Å². The van der Waals surface area contributed by atoms with Crippen LogP contribution < -0.4 is 10.1 Å². The predicted octanol–water partition coefficient (Wildman–Crippen LogP) is 7.33. The Labute approximate surface area is 238 Å². The van der Waals surface area contributed by atoms with Crippen LogP contribution in [0.5, 0.6) is 5.88 Å². The molecule has 4 heterocycles. The van der Waals surface area contributed by atoms with E-state index in [1.54, 1.807) is 26.8 Å². The van der Waals surface area contributed by atoms with Crippen LogP contribution in [0.2, 0.25) is 5.02 Å². The second-order valence-corrected chi connectivity index (χ2v) is 12.0. The van der Waals surface area contributed by atoms with Crippen LogP contribution in [0, 0.1) is 17.1 Å². The summed E-state index contributed by atoms with van der Waals surface area (Å²) in [5.41, 5.74) is 2.83. The third kappa shape index (κ3) is 4.73. The number of nitrogens with one attached hydrogen (secondary N) is 1. The van der Waals surface area contributed by atoms with Gasteiger partial charge in [0.15, 0.2) is 0 Å². The van der Waals surface area contributed by atoms with Crippen LogP contribution in [0.4, 0.5) is 14.2 Å². The summed E-state index contributed by atoms with van der Waals surface area (Å²) in [5.74, 6) is -0.0917. The molecule has 1 fully saturated rings. The van der Waals surface area contributed by atoms with Gasteiger partial charge in [-0.2, -0.15) is 5.26 Å². The van der Waals surface area contributed by atoms with Crippen molar-refractivity contribution >= 4 is 55.0 Å². The van der Waals surface area contributed by atoms with E-state index in [1.165, 1.54) is 6.07 Å². The lowest BCUT2D eigenvalue weighted by molar-refractivity contribution is 0.0636. The summed E-state index contributed by atoms with van der Waals surface area (Å²) in [5, 5.41) is 14.5. The summed E-state index contributed by atoms with van der Waals surface area (Å²) >= 11 is 8.06. The first-order valence-corrected chi connectivity index (χ1v) is 14.0. The van der Waals surface area contributed by atoms with E-state index in [0.29, 0.717) is 59.4 Å². The van der Waals surface area contributed by atoms with Gasteiger partial charge in [0.1, 0.15) is 28.6 Å². The minimum atomic E-state index is -0.747. The third-order valence-corrected chi connectivity index (χ3v) is 8.22. The molecule has 0 saturated carbocycles. The van der Waals surface area contributed by atoms with Crippen molar-refractivity contribution in [2.75, 3.05) is 18.5 Å². The molecule has 2 aromatic carbocycles. The quantitative estimate of drug-likeness (QED) is 0.269. The molecule has 6 rings (SSSR count). The van der Waals surface area contributed by atoms with Crippen molar-refractivity contribution in [3.8, 4) is 23.1 Å². The summed E-state index contributed by atoms with van der Waals surface area (Å²) in [6.07, 6.45) is -0.0449. The second kappa shape index (κ2) is 10.2. The molecule has 2 aromatic heterocycles. The van der Waals surface area contributed by atoms with Crippen LogP contribution in [0.15, 0.2) is 24.3 Å². The van der Waals surface area contributed by atoms with E-state index in [2.05, 4.69) is 11.4 Å². The van der Waals surface area contributed by atoms with Gasteiger partial charge < -0.3 is 18.9 Å². The first-order chi connectivity index (χ1) is 19.1. The zero-order valence-electron chi connectivity index (χ0n) is 22.0. The fourth-order valence-electron chi connectivity index (χ4n) is 5.09. The van der Waals surface area contributed by atoms with Crippen molar-refractivity contribution in [1.29, 1.82) is 5.26 Å². The molecular weight excluding hydrogens is 557 g/mol. The fourth-order valence-corrected chi connectivity index (χ4v) is 6.52. The number of halogens is 2. The Bertz CT molecular complexity index is 1720. The summed E-state index contributed by atoms with van der Waals surface area (Å²) in [6.45, 7) is 7.00. The van der Waals surface area contributed by atoms with E-state index < -0.39 is 17.5 Å². The molecule has 206 valence electrons. The molecule has 0 unspecified atom stereocenters. The van der Waals surface area contributed by atoms with Gasteiger partial charge in [-0.3, -0.25) is 5.32 Å². The van der Waals surface area contributed by atoms with Gasteiger partial charge in [0.05, 0.1) is 47.2 Å². The standard InChI is InChI=1S/C29H25ClFN3O5S/c1-29(2,3)39-28(35)34-27-17(10-32)23-16(4-6-20(31)26(23)40-27)22-19-13-37-12-18(19)15-5-7-21(33-25(15)24(22)30)38-14-8-9-36-11-14/h4-7,14H,8-9,11-13H2,1-3H3,(H,34,35)/t14-/m0/s1. The van der Waals surface area contributed by atoms with E-state index in [0.717, 1.165) is 34.3 Å². The Morgan fingerprint density at radius 3 is 2.75 bits per heavy atom. The van der Waals surface area contributed by atoms with Crippen LogP contribution in [-0.2, 0) is 27.4 Å². The van der Waals surface area contributed by atoms with Crippen LogP contribution in [0.25, 0.3) is 32.1 Å². The molecule has 0 radical (unpaired) electrons. The molecule has 40 heavy (non-hydrogen) atoms. The SMILES string of the molecule is CC(C)(C)OC(=O)Nc1sc2c(F)ccc(-c3c4c(c5ccc(O[C@H]6CCOC6)nc5c3Cl)COC4)c2c1C#N. The fraction of sp³-hybridized carbons (Fsp3) is 0.345. The van der Waals surface area contributed by atoms with E-state index in [4.69, 9.17) is 35.5 Å². The van der Waals surface area contributed by atoms with Gasteiger partial charge in [0.25, 0.3) is 0 Å². The third-order valence-electron chi connectivity index (χ3n) is 6.74. The Kier molecular flexibility index (Phi) is 6.79. The number of hydrogen-bond acceptors (Lipinski definition) is 8. The first kappa shape index (κ1) is 26.7. The summed E-state index contributed by atoms with van der Waals surface area (Å²) < 4.78 is 38.0. The summed E-state index contributed by atoms with van der Waals surface area (Å²) in [6, 6.07) is 8.82. The number of rotatable bonds is 4. The molecule has 0 bridgehead atoms. The van der Waals surface area contributed by atoms with Crippen molar-refractivity contribution in [3.63, 3.8) is 0 Å². The minimum Gasteiger partial charge on any atom is -0.472 e. The predicted molar refractivity (Wildman–Crippen MR) is 150 cm³/mol. The topological polar surface area (TPSA) is 103 Å². The Hall–Kier alpha value is -3.49. The van der Waals surface area contributed by atoms with Gasteiger partial charge in [0, 0.05) is 28.8 Å². The molecule has 0 spiro atoms. The molecule has 11 heteroatoms. The number of nitriles is 1. The zero-order valence-corrected chi connectivity index (χ0v) is 23.6. The van der Waals surface area contributed by atoms with Crippen LogP contribution in [-0.4, -0.2) is 36.0 Å². The van der Waals surface area contributed by atoms with E-state index >= 15 is 4.39 Å². The van der Waals surface area contributed by atoms with Crippen molar-refractivity contribution in [1.82, 2.24) is 4.98 Å². The number of amides is 1. The van der Waals surface area contributed by atoms with Crippen molar-refractivity contribution in [2.45, 2.75) is 52.1 Å². The molecule has 1 atom stereocenters. The molecular formula is C29H25ClFN3O5S. The van der Waals surface area contributed by atoms with Crippen molar-refractivity contribution in [2.24, 2.45) is 0 Å². The molecule has 1 N–H and O–H groups in total. The zero-order chi connectivity index (χ0) is 28.2. The number of fused-ring (bicyclic) bond motifs is 4. The van der Waals surface area contributed by atoms with Gasteiger partial charge in [-0.1, -0.05) is 17.7 Å². The average Bonchev–Trinajstić information content (AvgIpc) is 3.65. The normalized spacial score (nSPS) is 16.8. The number of hydrogen-bond donors (Lipinski definition) is 1. The lowest BCUT2D eigenvalue weighted by atomic mass is 9.91. The summed E-state index contributed by atoms with van der Waals surface area (Å²) in [4.78, 5) is 17.3. The number of carbonyl (C=O) groups is 1. The lowest BCUT2D eigenvalue weighted by Crippen LogP contribution is -2.27. The smallest absolute Gasteiger partial charge is 0.412 e. The van der Waals surface area contributed by atoms with Gasteiger partial charge in [-0.05, 0) is 49.6 Å². The summed E-state index contributed by atoms with van der Waals surface area (Å²) in [7, 11) is 0. The highest BCUT2D eigenvalue weighted by atomic mass is 35.5. The average molecular weight is 582 g/mol. The number of benzene rings is 2. The number of ether oxygens (including phenoxy) is 4. The minimum absolute atomic E-state index is 0.0856. The van der Waals surface area contributed by atoms with Crippen molar-refractivity contribution < 1.29 is 28.1 Å². The number of carbonyl (C=O) groups excluding carboxylic acids is 1. The molecule has 8 nitrogen and oxygen atoms in total. The molecule has 2 aliphatic heterocycles. The Morgan fingerprint density at radius 2 is 2.02 bits per heavy atom. The molecule has 1 amide bonds. The van der Waals surface area contributed by atoms with Gasteiger partial charge in [-0.25, -0.2) is 14.2 Å². The number of aromatic nitrogens is 1. The highest BCUT2D eigenvalue weighted by Crippen LogP contribution is 2.48. The van der Waals surface area contributed by atoms with Gasteiger partial charge in [0.2, 0.25) is 5.88 Å². The maximum Gasteiger partial charge on any atom is 0.412 e. The number of nitrogens with zero attached hydrogens (tertiary/aromatic N) is 2. The number of thiophene rings is 1. The van der Waals surface area contributed by atoms with Crippen LogP contribution in [0.3, 0.4) is 0 Å². The molecule has 4 aromatic rings. The molecule has 2 aliphatic rings. The maximum absolute atomic E-state index is 15.2. The lowest BCUT2D eigenvalue weighted by Gasteiger charge is -2.19. The molecule has 0 aliphatic carbocycles. The van der Waals surface area contributed by atoms with E-state index in [-0.39, 0.29) is 21.4 Å². The van der Waals surface area contributed by atoms with Gasteiger partial charge in [-0.15, -0.1) is 11.3 Å². The number of anilines is 1. The number of pyridine rings is 1.